The molecule has 2 heterocycles. The highest BCUT2D eigenvalue weighted by Crippen LogP contribution is 2.15. The van der Waals surface area contributed by atoms with Crippen LogP contribution in [-0.2, 0) is 16.0 Å². The fraction of sp³-hybridized carbons (Fsp3) is 0.389. The molecule has 1 aromatic carbocycles. The largest absolute Gasteiger partial charge is 0.349 e. The van der Waals surface area contributed by atoms with Gasteiger partial charge in [-0.2, -0.15) is 5.10 Å². The molecule has 1 aromatic heterocycles. The molecule has 132 valence electrons. The number of nitrogens with zero attached hydrogens (tertiary/aromatic N) is 3. The molecule has 0 radical (unpaired) electrons. The number of aromatic nitrogens is 2. The molecule has 2 aromatic rings. The molecule has 6 nitrogen and oxygen atoms in total. The van der Waals surface area contributed by atoms with Crippen molar-refractivity contribution >= 4 is 23.4 Å². The van der Waals surface area contributed by atoms with Crippen LogP contribution in [0.2, 0.25) is 5.02 Å². The Hall–Kier alpha value is -2.34. The van der Waals surface area contributed by atoms with E-state index < -0.39 is 6.04 Å². The molecule has 0 aliphatic carbocycles. The van der Waals surface area contributed by atoms with E-state index in [-0.39, 0.29) is 17.9 Å². The van der Waals surface area contributed by atoms with Crippen LogP contribution in [-0.4, -0.2) is 45.6 Å². The molecule has 1 aliphatic rings. The molecular weight excluding hydrogens is 340 g/mol. The molecule has 25 heavy (non-hydrogen) atoms. The Morgan fingerprint density at radius 2 is 2.16 bits per heavy atom. The molecule has 3 rings (SSSR count). The van der Waals surface area contributed by atoms with Gasteiger partial charge in [0.2, 0.25) is 11.8 Å². The third-order valence-electron chi connectivity index (χ3n) is 4.42. The minimum atomic E-state index is -0.471. The number of carbonyl (C=O) groups excluding carboxylic acids is 2. The number of halogens is 1. The van der Waals surface area contributed by atoms with Crippen molar-refractivity contribution < 1.29 is 9.59 Å². The van der Waals surface area contributed by atoms with Crippen molar-refractivity contribution in [2.75, 3.05) is 13.1 Å². The number of hydrogen-bond acceptors (Lipinski definition) is 3. The maximum absolute atomic E-state index is 12.4. The average molecular weight is 361 g/mol. The minimum absolute atomic E-state index is 0.0796. The molecule has 2 amide bonds. The van der Waals surface area contributed by atoms with Crippen LogP contribution >= 0.6 is 11.6 Å². The lowest BCUT2D eigenvalue weighted by molar-refractivity contribution is -0.127. The lowest BCUT2D eigenvalue weighted by atomic mass is 10.1. The topological polar surface area (TPSA) is 67.2 Å². The molecule has 1 aliphatic heterocycles. The lowest BCUT2D eigenvalue weighted by Gasteiger charge is -2.19. The predicted molar refractivity (Wildman–Crippen MR) is 95.2 cm³/mol. The summed E-state index contributed by atoms with van der Waals surface area (Å²) in [5.74, 6) is -0.0847. The normalized spacial score (nSPS) is 18.4. The summed E-state index contributed by atoms with van der Waals surface area (Å²) in [6.07, 6.45) is 4.26. The summed E-state index contributed by atoms with van der Waals surface area (Å²) in [5, 5.41) is 7.48. The Bertz CT molecular complexity index is 747. The second-order valence-corrected chi connectivity index (χ2v) is 6.74. The maximum atomic E-state index is 12.4. The highest BCUT2D eigenvalue weighted by atomic mass is 35.5. The van der Waals surface area contributed by atoms with Gasteiger partial charge in [-0.15, -0.1) is 0 Å². The summed E-state index contributed by atoms with van der Waals surface area (Å²) in [7, 11) is 0. The van der Waals surface area contributed by atoms with Crippen LogP contribution in [0.25, 0.3) is 0 Å². The van der Waals surface area contributed by atoms with Crippen molar-refractivity contribution in [1.82, 2.24) is 20.0 Å². The third kappa shape index (κ3) is 4.39. The number of benzene rings is 1. The first-order valence-electron chi connectivity index (χ1n) is 8.34. The van der Waals surface area contributed by atoms with Crippen molar-refractivity contribution in [3.05, 3.63) is 53.3 Å². The maximum Gasteiger partial charge on any atom is 0.244 e. The van der Waals surface area contributed by atoms with E-state index in [1.807, 2.05) is 23.1 Å². The summed E-state index contributed by atoms with van der Waals surface area (Å²) >= 11 is 5.84. The predicted octanol–water partition coefficient (Wildman–Crippen LogP) is 2.06. The SMILES string of the molecule is C[C@H](C(=O)N[C@@H]1CC(=O)N(CCc2ccccc2)C1)n1cc(Cl)cn1. The minimum Gasteiger partial charge on any atom is -0.349 e. The smallest absolute Gasteiger partial charge is 0.244 e. The Labute approximate surface area is 151 Å². The first-order valence-corrected chi connectivity index (χ1v) is 8.72. The van der Waals surface area contributed by atoms with Gasteiger partial charge in [0, 0.05) is 25.7 Å². The molecule has 0 unspecified atom stereocenters. The average Bonchev–Trinajstić information content (AvgIpc) is 3.19. The number of carbonyl (C=O) groups is 2. The number of amides is 2. The van der Waals surface area contributed by atoms with E-state index in [1.54, 1.807) is 13.1 Å². The summed E-state index contributed by atoms with van der Waals surface area (Å²) < 4.78 is 1.52. The molecular formula is C18H21ClN4O2. The van der Waals surface area contributed by atoms with Crippen LogP contribution in [0.3, 0.4) is 0 Å². The first kappa shape index (κ1) is 17.5. The zero-order valence-corrected chi connectivity index (χ0v) is 14.8. The number of rotatable bonds is 6. The quantitative estimate of drug-likeness (QED) is 0.857. The van der Waals surface area contributed by atoms with E-state index in [4.69, 9.17) is 11.6 Å². The van der Waals surface area contributed by atoms with Gasteiger partial charge >= 0.3 is 0 Å². The van der Waals surface area contributed by atoms with Crippen molar-refractivity contribution in [3.63, 3.8) is 0 Å². The van der Waals surface area contributed by atoms with E-state index in [0.717, 1.165) is 6.42 Å². The van der Waals surface area contributed by atoms with Gasteiger partial charge in [-0.1, -0.05) is 41.9 Å². The Morgan fingerprint density at radius 1 is 1.40 bits per heavy atom. The summed E-state index contributed by atoms with van der Waals surface area (Å²) in [6.45, 7) is 2.96. The molecule has 2 atom stereocenters. The van der Waals surface area contributed by atoms with Gasteiger partial charge in [0.1, 0.15) is 6.04 Å². The van der Waals surface area contributed by atoms with E-state index in [9.17, 15) is 9.59 Å². The standard InChI is InChI=1S/C18H21ClN4O2/c1-13(23-11-15(19)10-20-23)18(25)21-16-9-17(24)22(12-16)8-7-14-5-3-2-4-6-14/h2-6,10-11,13,16H,7-9,12H2,1H3,(H,21,25)/t13-,16-/m1/s1. The monoisotopic (exact) mass is 360 g/mol. The van der Waals surface area contributed by atoms with Crippen molar-refractivity contribution in [2.24, 2.45) is 0 Å². The van der Waals surface area contributed by atoms with Gasteiger partial charge in [-0.3, -0.25) is 14.3 Å². The molecule has 0 spiro atoms. The third-order valence-corrected chi connectivity index (χ3v) is 4.62. The van der Waals surface area contributed by atoms with Crippen molar-refractivity contribution in [1.29, 1.82) is 0 Å². The summed E-state index contributed by atoms with van der Waals surface area (Å²) in [5.41, 5.74) is 1.20. The van der Waals surface area contributed by atoms with E-state index in [2.05, 4.69) is 22.5 Å². The molecule has 0 saturated carbocycles. The lowest BCUT2D eigenvalue weighted by Crippen LogP contribution is -2.40. The van der Waals surface area contributed by atoms with Crippen LogP contribution in [0.15, 0.2) is 42.7 Å². The fourth-order valence-electron chi connectivity index (χ4n) is 2.96. The summed E-state index contributed by atoms with van der Waals surface area (Å²) in [4.78, 5) is 26.3. The van der Waals surface area contributed by atoms with Gasteiger partial charge in [-0.05, 0) is 18.9 Å². The molecule has 1 fully saturated rings. The zero-order valence-electron chi connectivity index (χ0n) is 14.1. The second kappa shape index (κ2) is 7.70. The molecule has 1 N–H and O–H groups in total. The van der Waals surface area contributed by atoms with Gasteiger partial charge in [0.05, 0.1) is 17.3 Å². The molecule has 7 heteroatoms. The summed E-state index contributed by atoms with van der Waals surface area (Å²) in [6, 6.07) is 9.43. The number of hydrogen-bond donors (Lipinski definition) is 1. The number of likely N-dealkylation sites (tertiary alicyclic amines) is 1. The highest BCUT2D eigenvalue weighted by Gasteiger charge is 2.31. The highest BCUT2D eigenvalue weighted by molar-refractivity contribution is 6.30. The van der Waals surface area contributed by atoms with Crippen LogP contribution in [0, 0.1) is 0 Å². The Morgan fingerprint density at radius 3 is 2.84 bits per heavy atom. The van der Waals surface area contributed by atoms with Crippen LogP contribution in [0.5, 0.6) is 0 Å². The van der Waals surface area contributed by atoms with E-state index >= 15 is 0 Å². The number of nitrogens with one attached hydrogen (secondary N) is 1. The van der Waals surface area contributed by atoms with Gasteiger partial charge in [0.15, 0.2) is 0 Å². The van der Waals surface area contributed by atoms with Gasteiger partial charge in [-0.25, -0.2) is 0 Å². The molecule has 0 bridgehead atoms. The fourth-order valence-corrected chi connectivity index (χ4v) is 3.11. The van der Waals surface area contributed by atoms with Crippen molar-refractivity contribution in [3.8, 4) is 0 Å². The van der Waals surface area contributed by atoms with Gasteiger partial charge in [0.25, 0.3) is 0 Å². The van der Waals surface area contributed by atoms with Crippen LogP contribution < -0.4 is 5.32 Å². The zero-order chi connectivity index (χ0) is 17.8. The first-order chi connectivity index (χ1) is 12.0. The van der Waals surface area contributed by atoms with Crippen LogP contribution in [0.4, 0.5) is 0 Å². The van der Waals surface area contributed by atoms with Crippen LogP contribution in [0.1, 0.15) is 24.9 Å². The Kier molecular flexibility index (Phi) is 5.38. The Balaban J connectivity index is 1.51. The van der Waals surface area contributed by atoms with Crippen molar-refractivity contribution in [2.45, 2.75) is 31.8 Å². The second-order valence-electron chi connectivity index (χ2n) is 6.30. The van der Waals surface area contributed by atoms with Gasteiger partial charge < -0.3 is 10.2 Å². The van der Waals surface area contributed by atoms with E-state index in [1.165, 1.54) is 16.4 Å². The van der Waals surface area contributed by atoms with E-state index in [0.29, 0.717) is 24.5 Å². The molecule has 1 saturated heterocycles.